The summed E-state index contributed by atoms with van der Waals surface area (Å²) >= 11 is 0. The molecule has 0 spiro atoms. The number of benzene rings is 2. The van der Waals surface area contributed by atoms with Crippen molar-refractivity contribution in [3.63, 3.8) is 0 Å². The van der Waals surface area contributed by atoms with Crippen LogP contribution in [0.15, 0.2) is 42.5 Å². The predicted octanol–water partition coefficient (Wildman–Crippen LogP) is 4.25. The Kier molecular flexibility index (Phi) is 7.72. The molecular formula is C24H30N4O6. The number of nitro benzene ring substituents is 1. The van der Waals surface area contributed by atoms with E-state index in [4.69, 9.17) is 9.47 Å². The maximum atomic E-state index is 13.1. The van der Waals surface area contributed by atoms with Crippen LogP contribution in [0.1, 0.15) is 34.1 Å². The summed E-state index contributed by atoms with van der Waals surface area (Å²) in [6.07, 6.45) is -0.461. The molecule has 0 radical (unpaired) electrons. The minimum absolute atomic E-state index is 0.00702. The van der Waals surface area contributed by atoms with Crippen molar-refractivity contribution in [3.05, 3.63) is 52.6 Å². The Morgan fingerprint density at radius 1 is 1.12 bits per heavy atom. The van der Waals surface area contributed by atoms with Gasteiger partial charge in [0.1, 0.15) is 22.8 Å². The molecular weight excluding hydrogens is 440 g/mol. The molecule has 1 aliphatic heterocycles. The van der Waals surface area contributed by atoms with E-state index in [9.17, 15) is 19.7 Å². The summed E-state index contributed by atoms with van der Waals surface area (Å²) in [4.78, 5) is 39.8. The van der Waals surface area contributed by atoms with Crippen molar-refractivity contribution in [2.45, 2.75) is 39.7 Å². The number of nitrogens with zero attached hydrogens (tertiary/aromatic N) is 3. The van der Waals surface area contributed by atoms with E-state index in [1.807, 2.05) is 20.8 Å². The van der Waals surface area contributed by atoms with Crippen LogP contribution < -0.4 is 19.7 Å². The second-order valence-corrected chi connectivity index (χ2v) is 8.78. The molecule has 0 atom stereocenters. The Morgan fingerprint density at radius 2 is 1.79 bits per heavy atom. The molecule has 0 unspecified atom stereocenters. The summed E-state index contributed by atoms with van der Waals surface area (Å²) in [6, 6.07) is 10.8. The number of amides is 2. The van der Waals surface area contributed by atoms with Crippen LogP contribution in [0.25, 0.3) is 0 Å². The van der Waals surface area contributed by atoms with E-state index >= 15 is 0 Å². The summed E-state index contributed by atoms with van der Waals surface area (Å²) in [5.74, 6) is 0.125. The molecule has 0 saturated carbocycles. The number of anilines is 2. The van der Waals surface area contributed by atoms with Crippen LogP contribution in [-0.2, 0) is 4.79 Å². The van der Waals surface area contributed by atoms with Crippen LogP contribution >= 0.6 is 0 Å². The minimum atomic E-state index is -0.569. The van der Waals surface area contributed by atoms with E-state index in [-0.39, 0.29) is 29.5 Å². The van der Waals surface area contributed by atoms with E-state index in [0.29, 0.717) is 37.6 Å². The number of piperazine rings is 1. The van der Waals surface area contributed by atoms with Gasteiger partial charge in [-0.25, -0.2) is 4.79 Å². The van der Waals surface area contributed by atoms with Crippen LogP contribution in [0.2, 0.25) is 0 Å². The molecule has 1 heterocycles. The normalized spacial score (nSPS) is 13.8. The molecule has 0 bridgehead atoms. The van der Waals surface area contributed by atoms with Crippen molar-refractivity contribution in [1.29, 1.82) is 0 Å². The summed E-state index contributed by atoms with van der Waals surface area (Å²) in [5.41, 5.74) is -0.511. The third kappa shape index (κ3) is 6.02. The van der Waals surface area contributed by atoms with Crippen molar-refractivity contribution < 1.29 is 24.0 Å². The van der Waals surface area contributed by atoms with Gasteiger partial charge in [0.25, 0.3) is 5.69 Å². The van der Waals surface area contributed by atoms with Gasteiger partial charge >= 0.3 is 6.09 Å². The van der Waals surface area contributed by atoms with Gasteiger partial charge in [0.2, 0.25) is 5.91 Å². The largest absolute Gasteiger partial charge is 0.486 e. The smallest absolute Gasteiger partial charge is 0.415 e. The van der Waals surface area contributed by atoms with E-state index in [0.717, 1.165) is 0 Å². The van der Waals surface area contributed by atoms with E-state index in [1.165, 1.54) is 23.1 Å². The SMILES string of the molecule is CCC(=O)N(c1ccccc1OC(C)(C)C)c1cc(OC(=O)N2CCNCC2)ccc1[N+](=O)[O-]. The molecule has 1 aliphatic rings. The molecule has 10 heteroatoms. The molecule has 2 aromatic rings. The first-order chi connectivity index (χ1) is 16.1. The Balaban J connectivity index is 2.07. The maximum absolute atomic E-state index is 13.1. The molecule has 2 amide bonds. The minimum Gasteiger partial charge on any atom is -0.486 e. The lowest BCUT2D eigenvalue weighted by Gasteiger charge is -2.29. The van der Waals surface area contributed by atoms with Crippen molar-refractivity contribution in [2.24, 2.45) is 0 Å². The van der Waals surface area contributed by atoms with Crippen molar-refractivity contribution in [2.75, 3.05) is 31.1 Å². The van der Waals surface area contributed by atoms with Crippen LogP contribution in [0.4, 0.5) is 21.9 Å². The third-order valence-electron chi connectivity index (χ3n) is 5.04. The lowest BCUT2D eigenvalue weighted by atomic mass is 10.1. The molecule has 10 nitrogen and oxygen atoms in total. The molecule has 182 valence electrons. The number of ether oxygens (including phenoxy) is 2. The second-order valence-electron chi connectivity index (χ2n) is 8.78. The molecule has 2 aromatic carbocycles. The molecule has 0 aliphatic carbocycles. The molecule has 1 fully saturated rings. The molecule has 0 aromatic heterocycles. The van der Waals surface area contributed by atoms with E-state index in [2.05, 4.69) is 5.32 Å². The zero-order valence-electron chi connectivity index (χ0n) is 19.9. The van der Waals surface area contributed by atoms with E-state index < -0.39 is 16.6 Å². The lowest BCUT2D eigenvalue weighted by molar-refractivity contribution is -0.384. The molecule has 3 rings (SSSR count). The van der Waals surface area contributed by atoms with Gasteiger partial charge in [-0.15, -0.1) is 0 Å². The second kappa shape index (κ2) is 10.5. The van der Waals surface area contributed by atoms with Crippen LogP contribution in [0, 0.1) is 10.1 Å². The fraction of sp³-hybridized carbons (Fsp3) is 0.417. The van der Waals surface area contributed by atoms with Crippen LogP contribution in [0.5, 0.6) is 11.5 Å². The number of carbonyl (C=O) groups excluding carboxylic acids is 2. The highest BCUT2D eigenvalue weighted by molar-refractivity contribution is 6.03. The first-order valence-corrected chi connectivity index (χ1v) is 11.2. The summed E-state index contributed by atoms with van der Waals surface area (Å²) in [6.45, 7) is 9.58. The monoisotopic (exact) mass is 470 g/mol. The van der Waals surface area contributed by atoms with Gasteiger partial charge < -0.3 is 19.7 Å². The average molecular weight is 471 g/mol. The molecule has 1 N–H and O–H groups in total. The zero-order valence-corrected chi connectivity index (χ0v) is 19.9. The van der Waals surface area contributed by atoms with Gasteiger partial charge in [0.05, 0.1) is 10.6 Å². The zero-order chi connectivity index (χ0) is 24.9. The Bertz CT molecular complexity index is 1060. The van der Waals surface area contributed by atoms with E-state index in [1.54, 1.807) is 36.1 Å². The van der Waals surface area contributed by atoms with Crippen molar-refractivity contribution in [3.8, 4) is 11.5 Å². The van der Waals surface area contributed by atoms with Gasteiger partial charge in [0, 0.05) is 44.7 Å². The summed E-state index contributed by atoms with van der Waals surface area (Å²) in [5, 5.41) is 15.0. The van der Waals surface area contributed by atoms with Gasteiger partial charge in [0.15, 0.2) is 0 Å². The fourth-order valence-electron chi connectivity index (χ4n) is 3.53. The van der Waals surface area contributed by atoms with Crippen LogP contribution in [-0.4, -0.2) is 53.6 Å². The number of hydrogen-bond donors (Lipinski definition) is 1. The van der Waals surface area contributed by atoms with Gasteiger partial charge in [-0.2, -0.15) is 0 Å². The summed E-state index contributed by atoms with van der Waals surface area (Å²) < 4.78 is 11.5. The standard InChI is InChI=1S/C24H30N4O6/c1-5-22(29)27(19-8-6-7-9-21(19)34-24(2,3)4)20-16-17(10-11-18(20)28(31)32)33-23(30)26-14-12-25-13-15-26/h6-11,16,25H,5,12-15H2,1-4H3. The number of rotatable bonds is 6. The number of carbonyl (C=O) groups is 2. The Hall–Kier alpha value is -3.66. The molecule has 1 saturated heterocycles. The van der Waals surface area contributed by atoms with Crippen molar-refractivity contribution >= 4 is 29.1 Å². The Morgan fingerprint density at radius 3 is 2.41 bits per heavy atom. The Labute approximate surface area is 198 Å². The highest BCUT2D eigenvalue weighted by atomic mass is 16.6. The summed E-state index contributed by atoms with van der Waals surface area (Å²) in [7, 11) is 0. The van der Waals surface area contributed by atoms with Gasteiger partial charge in [-0.1, -0.05) is 19.1 Å². The predicted molar refractivity (Wildman–Crippen MR) is 128 cm³/mol. The van der Waals surface area contributed by atoms with Gasteiger partial charge in [-0.05, 0) is 39.0 Å². The highest BCUT2D eigenvalue weighted by Crippen LogP contribution is 2.41. The first kappa shape index (κ1) is 25.0. The number of nitro groups is 1. The third-order valence-corrected chi connectivity index (χ3v) is 5.04. The quantitative estimate of drug-likeness (QED) is 0.496. The number of hydrogen-bond acceptors (Lipinski definition) is 7. The fourth-order valence-corrected chi connectivity index (χ4v) is 3.53. The average Bonchev–Trinajstić information content (AvgIpc) is 2.79. The molecule has 34 heavy (non-hydrogen) atoms. The maximum Gasteiger partial charge on any atom is 0.415 e. The number of para-hydroxylation sites is 2. The van der Waals surface area contributed by atoms with Crippen LogP contribution in [0.3, 0.4) is 0 Å². The van der Waals surface area contributed by atoms with Crippen molar-refractivity contribution in [1.82, 2.24) is 10.2 Å². The topological polar surface area (TPSA) is 114 Å². The highest BCUT2D eigenvalue weighted by Gasteiger charge is 2.30. The first-order valence-electron chi connectivity index (χ1n) is 11.2. The van der Waals surface area contributed by atoms with Gasteiger partial charge in [-0.3, -0.25) is 19.8 Å². The number of nitrogens with one attached hydrogen (secondary N) is 1. The lowest BCUT2D eigenvalue weighted by Crippen LogP contribution is -2.47.